The Morgan fingerprint density at radius 1 is 1.21 bits per heavy atom. The molecule has 2 aromatic heterocycles. The number of rotatable bonds is 5. The average molecular weight is 375 g/mol. The Hall–Kier alpha value is -3.14. The van der Waals surface area contributed by atoms with Crippen LogP contribution in [0.2, 0.25) is 0 Å². The molecule has 0 fully saturated rings. The van der Waals surface area contributed by atoms with Gasteiger partial charge in [0.15, 0.2) is 0 Å². The number of allylic oxidation sites excluding steroid dienone is 5. The fourth-order valence-corrected chi connectivity index (χ4v) is 3.24. The lowest BCUT2D eigenvalue weighted by Crippen LogP contribution is -2.02. The van der Waals surface area contributed by atoms with Crippen molar-refractivity contribution in [2.75, 3.05) is 5.32 Å². The summed E-state index contributed by atoms with van der Waals surface area (Å²) in [5.41, 5.74) is 4.77. The van der Waals surface area contributed by atoms with E-state index in [0.29, 0.717) is 0 Å². The van der Waals surface area contributed by atoms with Gasteiger partial charge in [0.2, 0.25) is 0 Å². The molecule has 28 heavy (non-hydrogen) atoms. The number of nitrogens with one attached hydrogen (secondary N) is 1. The van der Waals surface area contributed by atoms with E-state index < -0.39 is 0 Å². The number of nitrogens with zero attached hydrogens (tertiary/aromatic N) is 3. The molecule has 1 N–H and O–H groups in total. The van der Waals surface area contributed by atoms with Crippen molar-refractivity contribution in [1.29, 1.82) is 0 Å². The molecule has 4 heteroatoms. The van der Waals surface area contributed by atoms with Crippen molar-refractivity contribution < 1.29 is 1.43 Å². The third-order valence-corrected chi connectivity index (χ3v) is 4.71. The number of imidazole rings is 1. The molecule has 0 unspecified atom stereocenters. The predicted octanol–water partition coefficient (Wildman–Crippen LogP) is 6.50. The zero-order valence-electron chi connectivity index (χ0n) is 17.1. The van der Waals surface area contributed by atoms with Crippen LogP contribution in [0, 0.1) is 0 Å². The maximum absolute atomic E-state index is 4.57. The van der Waals surface area contributed by atoms with E-state index in [1.165, 1.54) is 5.57 Å². The molecule has 146 valence electrons. The molecule has 0 aliphatic heterocycles. The van der Waals surface area contributed by atoms with Crippen LogP contribution in [0.1, 0.15) is 35.0 Å². The SMILES string of the molecule is C/C=C(\CC1=CCC=C1)Nc1cc2cc(-c3cncn3C)ccc2cn1.CC.[HH]. The van der Waals surface area contributed by atoms with Crippen molar-refractivity contribution in [2.45, 2.75) is 33.6 Å². The van der Waals surface area contributed by atoms with Gasteiger partial charge in [0, 0.05) is 37.7 Å². The van der Waals surface area contributed by atoms with E-state index in [1.807, 2.05) is 44.2 Å². The van der Waals surface area contributed by atoms with Crippen LogP contribution < -0.4 is 5.32 Å². The summed E-state index contributed by atoms with van der Waals surface area (Å²) in [5, 5.41) is 5.76. The first-order valence-corrected chi connectivity index (χ1v) is 9.87. The molecule has 2 heterocycles. The maximum atomic E-state index is 4.57. The van der Waals surface area contributed by atoms with Crippen LogP contribution >= 0.6 is 0 Å². The quantitative estimate of drug-likeness (QED) is 0.554. The Labute approximate surface area is 168 Å². The molecule has 0 saturated heterocycles. The van der Waals surface area contributed by atoms with Crippen LogP contribution in [0.15, 0.2) is 78.6 Å². The second-order valence-electron chi connectivity index (χ2n) is 6.55. The summed E-state index contributed by atoms with van der Waals surface area (Å²) in [6.45, 7) is 6.06. The Balaban J connectivity index is 0.000000970. The number of aryl methyl sites for hydroxylation is 1. The number of aromatic nitrogens is 3. The Kier molecular flexibility index (Phi) is 6.43. The van der Waals surface area contributed by atoms with Gasteiger partial charge in [-0.25, -0.2) is 9.97 Å². The van der Waals surface area contributed by atoms with Crippen molar-refractivity contribution in [3.05, 3.63) is 78.6 Å². The van der Waals surface area contributed by atoms with E-state index in [2.05, 4.69) is 70.8 Å². The highest BCUT2D eigenvalue weighted by atomic mass is 15.0. The van der Waals surface area contributed by atoms with Crippen LogP contribution in [0.3, 0.4) is 0 Å². The fraction of sp³-hybridized carbons (Fsp3) is 0.250. The molecular weight excluding hydrogens is 344 g/mol. The van der Waals surface area contributed by atoms with E-state index in [1.54, 1.807) is 0 Å². The predicted molar refractivity (Wildman–Crippen MR) is 121 cm³/mol. The van der Waals surface area contributed by atoms with Crippen molar-refractivity contribution in [1.82, 2.24) is 14.5 Å². The summed E-state index contributed by atoms with van der Waals surface area (Å²) in [5.74, 6) is 0.871. The van der Waals surface area contributed by atoms with Gasteiger partial charge in [-0.15, -0.1) is 0 Å². The van der Waals surface area contributed by atoms with E-state index in [-0.39, 0.29) is 1.43 Å². The van der Waals surface area contributed by atoms with E-state index in [9.17, 15) is 0 Å². The van der Waals surface area contributed by atoms with Gasteiger partial charge in [-0.2, -0.15) is 0 Å². The number of benzene rings is 1. The van der Waals surface area contributed by atoms with Gasteiger partial charge in [0.1, 0.15) is 5.82 Å². The molecule has 1 aliphatic carbocycles. The lowest BCUT2D eigenvalue weighted by Gasteiger charge is -2.11. The number of fused-ring (bicyclic) bond motifs is 1. The largest absolute Gasteiger partial charge is 0.344 e. The highest BCUT2D eigenvalue weighted by Crippen LogP contribution is 2.26. The minimum atomic E-state index is 0. The Bertz CT molecular complexity index is 1040. The molecule has 0 spiro atoms. The number of hydrogen-bond donors (Lipinski definition) is 1. The third-order valence-electron chi connectivity index (χ3n) is 4.71. The first-order valence-electron chi connectivity index (χ1n) is 9.87. The molecule has 0 radical (unpaired) electrons. The third kappa shape index (κ3) is 4.39. The molecule has 1 aromatic carbocycles. The van der Waals surface area contributed by atoms with Crippen LogP contribution in [0.25, 0.3) is 22.0 Å². The van der Waals surface area contributed by atoms with Gasteiger partial charge < -0.3 is 9.88 Å². The summed E-state index contributed by atoms with van der Waals surface area (Å²) < 4.78 is 2.03. The zero-order valence-corrected chi connectivity index (χ0v) is 17.1. The number of pyridine rings is 1. The van der Waals surface area contributed by atoms with Gasteiger partial charge in [0.25, 0.3) is 0 Å². The standard InChI is InChI=1S/C22H22N4.C2H6.H2/c1-3-20(10-16-6-4-5-7-16)25-22-12-19-11-17(8-9-18(19)13-24-22)21-14-23-15-26(21)2;1-2;/h3-4,6-9,11-15H,5,10H2,1-2H3,(H,24,25);1-2H3;1H/b20-3+;;. The molecule has 4 nitrogen and oxygen atoms in total. The van der Waals surface area contributed by atoms with Crippen LogP contribution in [-0.2, 0) is 7.05 Å². The average Bonchev–Trinajstić information content (AvgIpc) is 3.40. The van der Waals surface area contributed by atoms with Gasteiger partial charge in [-0.1, -0.05) is 50.3 Å². The summed E-state index contributed by atoms with van der Waals surface area (Å²) in [7, 11) is 2.01. The molecular formula is C24H30N4. The highest BCUT2D eigenvalue weighted by Gasteiger charge is 2.07. The normalized spacial score (nSPS) is 13.3. The molecule has 0 saturated carbocycles. The lowest BCUT2D eigenvalue weighted by molar-refractivity contribution is 0.921. The summed E-state index contributed by atoms with van der Waals surface area (Å²) >= 11 is 0. The van der Waals surface area contributed by atoms with Gasteiger partial charge in [-0.05, 0) is 36.4 Å². The summed E-state index contributed by atoms with van der Waals surface area (Å²) in [6, 6.07) is 8.53. The molecule has 0 bridgehead atoms. The Morgan fingerprint density at radius 2 is 2.07 bits per heavy atom. The fourth-order valence-electron chi connectivity index (χ4n) is 3.24. The van der Waals surface area contributed by atoms with Gasteiger partial charge in [-0.3, -0.25) is 0 Å². The van der Waals surface area contributed by atoms with Crippen molar-refractivity contribution in [2.24, 2.45) is 7.05 Å². The smallest absolute Gasteiger partial charge is 0.130 e. The van der Waals surface area contributed by atoms with E-state index in [4.69, 9.17) is 0 Å². The summed E-state index contributed by atoms with van der Waals surface area (Å²) in [6.07, 6.45) is 16.3. The monoisotopic (exact) mass is 374 g/mol. The van der Waals surface area contributed by atoms with Crippen molar-refractivity contribution in [3.8, 4) is 11.3 Å². The second-order valence-corrected chi connectivity index (χ2v) is 6.55. The van der Waals surface area contributed by atoms with E-state index in [0.717, 1.165) is 46.4 Å². The number of hydrogen-bond acceptors (Lipinski definition) is 3. The Morgan fingerprint density at radius 3 is 2.75 bits per heavy atom. The zero-order chi connectivity index (χ0) is 19.9. The summed E-state index contributed by atoms with van der Waals surface area (Å²) in [4.78, 5) is 8.79. The molecule has 0 atom stereocenters. The van der Waals surface area contributed by atoms with Crippen LogP contribution in [0.5, 0.6) is 0 Å². The lowest BCUT2D eigenvalue weighted by atomic mass is 10.1. The minimum absolute atomic E-state index is 0. The van der Waals surface area contributed by atoms with Gasteiger partial charge in [0.05, 0.1) is 18.2 Å². The van der Waals surface area contributed by atoms with Crippen LogP contribution in [-0.4, -0.2) is 14.5 Å². The molecule has 4 rings (SSSR count). The maximum Gasteiger partial charge on any atom is 0.130 e. The van der Waals surface area contributed by atoms with Crippen molar-refractivity contribution in [3.63, 3.8) is 0 Å². The topological polar surface area (TPSA) is 42.7 Å². The molecule has 0 amide bonds. The highest BCUT2D eigenvalue weighted by molar-refractivity contribution is 5.88. The van der Waals surface area contributed by atoms with Crippen LogP contribution in [0.4, 0.5) is 5.82 Å². The minimum Gasteiger partial charge on any atom is -0.344 e. The van der Waals surface area contributed by atoms with Gasteiger partial charge >= 0.3 is 0 Å². The first-order chi connectivity index (χ1) is 13.7. The molecule has 3 aromatic rings. The van der Waals surface area contributed by atoms with E-state index >= 15 is 0 Å². The molecule has 1 aliphatic rings. The first kappa shape index (κ1) is 19.6. The van der Waals surface area contributed by atoms with Crippen molar-refractivity contribution >= 4 is 16.6 Å². The number of anilines is 1. The second kappa shape index (κ2) is 9.18.